The second-order valence-electron chi connectivity index (χ2n) is 7.88. The summed E-state index contributed by atoms with van der Waals surface area (Å²) in [5.74, 6) is -0.247. The SMILES string of the molecule is CC(C)(C)OC(=O)N[C@@H](Cc1ccccc1)C(=O)N1CCN(S(C)(=O)=O)CC1. The molecular formula is C19H29N3O5S. The third kappa shape index (κ3) is 6.79. The maximum absolute atomic E-state index is 13.0. The van der Waals surface area contributed by atoms with E-state index in [2.05, 4.69) is 5.32 Å². The fourth-order valence-electron chi connectivity index (χ4n) is 2.96. The van der Waals surface area contributed by atoms with Crippen LogP contribution in [-0.4, -0.2) is 73.7 Å². The summed E-state index contributed by atoms with van der Waals surface area (Å²) in [6.45, 7) is 6.32. The third-order valence-corrected chi connectivity index (χ3v) is 5.59. The minimum Gasteiger partial charge on any atom is -0.444 e. The fraction of sp³-hybridized carbons (Fsp3) is 0.579. The average Bonchev–Trinajstić information content (AvgIpc) is 2.59. The Morgan fingerprint density at radius 1 is 1.11 bits per heavy atom. The van der Waals surface area contributed by atoms with Crippen LogP contribution in [0.15, 0.2) is 30.3 Å². The van der Waals surface area contributed by atoms with Gasteiger partial charge in [0, 0.05) is 32.6 Å². The van der Waals surface area contributed by atoms with Crippen molar-refractivity contribution in [2.24, 2.45) is 0 Å². The number of nitrogens with zero attached hydrogens (tertiary/aromatic N) is 2. The summed E-state index contributed by atoms with van der Waals surface area (Å²) < 4.78 is 30.0. The lowest BCUT2D eigenvalue weighted by molar-refractivity contribution is -0.134. The lowest BCUT2D eigenvalue weighted by Gasteiger charge is -2.35. The molecule has 28 heavy (non-hydrogen) atoms. The summed E-state index contributed by atoms with van der Waals surface area (Å²) in [5, 5.41) is 2.68. The van der Waals surface area contributed by atoms with Crippen LogP contribution in [0.3, 0.4) is 0 Å². The van der Waals surface area contributed by atoms with Crippen LogP contribution in [0.4, 0.5) is 4.79 Å². The van der Waals surface area contributed by atoms with Crippen molar-refractivity contribution in [3.8, 4) is 0 Å². The van der Waals surface area contributed by atoms with Gasteiger partial charge < -0.3 is 15.0 Å². The van der Waals surface area contributed by atoms with Crippen LogP contribution in [0.1, 0.15) is 26.3 Å². The summed E-state index contributed by atoms with van der Waals surface area (Å²) in [7, 11) is -3.28. The molecule has 1 aliphatic heterocycles. The normalized spacial score (nSPS) is 17.1. The first-order valence-electron chi connectivity index (χ1n) is 9.23. The maximum atomic E-state index is 13.0. The van der Waals surface area contributed by atoms with Gasteiger partial charge in [-0.1, -0.05) is 30.3 Å². The molecule has 1 saturated heterocycles. The number of carbonyl (C=O) groups is 2. The molecule has 1 atom stereocenters. The summed E-state index contributed by atoms with van der Waals surface area (Å²) in [6.07, 6.45) is 0.828. The highest BCUT2D eigenvalue weighted by Gasteiger charge is 2.32. The number of nitrogens with one attached hydrogen (secondary N) is 1. The van der Waals surface area contributed by atoms with E-state index in [1.807, 2.05) is 30.3 Å². The standard InChI is InChI=1S/C19H29N3O5S/c1-19(2,3)27-18(24)20-16(14-15-8-6-5-7-9-15)17(23)21-10-12-22(13-11-21)28(4,25)26/h5-9,16H,10-14H2,1-4H3,(H,20,24)/t16-/m0/s1. The first kappa shape index (κ1) is 22.2. The molecular weight excluding hydrogens is 382 g/mol. The number of benzene rings is 1. The van der Waals surface area contributed by atoms with Crippen molar-refractivity contribution in [2.75, 3.05) is 32.4 Å². The van der Waals surface area contributed by atoms with Gasteiger partial charge in [-0.25, -0.2) is 13.2 Å². The largest absolute Gasteiger partial charge is 0.444 e. The Morgan fingerprint density at radius 2 is 1.68 bits per heavy atom. The Morgan fingerprint density at radius 3 is 2.18 bits per heavy atom. The average molecular weight is 412 g/mol. The number of piperazine rings is 1. The molecule has 8 nitrogen and oxygen atoms in total. The molecule has 0 aliphatic carbocycles. The highest BCUT2D eigenvalue weighted by atomic mass is 32.2. The van der Waals surface area contributed by atoms with Gasteiger partial charge in [0.1, 0.15) is 11.6 Å². The van der Waals surface area contributed by atoms with Crippen LogP contribution in [0.5, 0.6) is 0 Å². The maximum Gasteiger partial charge on any atom is 0.408 e. The lowest BCUT2D eigenvalue weighted by atomic mass is 10.0. The molecule has 1 N–H and O–H groups in total. The van der Waals surface area contributed by atoms with Gasteiger partial charge >= 0.3 is 6.09 Å². The van der Waals surface area contributed by atoms with Gasteiger partial charge in [-0.05, 0) is 26.3 Å². The Bertz CT molecular complexity index is 782. The molecule has 156 valence electrons. The smallest absolute Gasteiger partial charge is 0.408 e. The molecule has 0 saturated carbocycles. The Hall–Kier alpha value is -2.13. The van der Waals surface area contributed by atoms with Crippen molar-refractivity contribution in [2.45, 2.75) is 38.8 Å². The molecule has 1 aliphatic rings. The monoisotopic (exact) mass is 411 g/mol. The number of alkyl carbamates (subject to hydrolysis) is 1. The molecule has 1 heterocycles. The molecule has 1 fully saturated rings. The van der Waals surface area contributed by atoms with Crippen LogP contribution in [0, 0.1) is 0 Å². The molecule has 2 rings (SSSR count). The lowest BCUT2D eigenvalue weighted by Crippen LogP contribution is -2.56. The molecule has 1 aromatic rings. The van der Waals surface area contributed by atoms with E-state index in [0.717, 1.165) is 11.8 Å². The quantitative estimate of drug-likeness (QED) is 0.786. The summed E-state index contributed by atoms with van der Waals surface area (Å²) >= 11 is 0. The summed E-state index contributed by atoms with van der Waals surface area (Å²) in [5.41, 5.74) is 0.234. The molecule has 2 amide bonds. The third-order valence-electron chi connectivity index (χ3n) is 4.29. The van der Waals surface area contributed by atoms with E-state index >= 15 is 0 Å². The number of hydrogen-bond acceptors (Lipinski definition) is 5. The van der Waals surface area contributed by atoms with Gasteiger partial charge in [0.15, 0.2) is 0 Å². The zero-order valence-electron chi connectivity index (χ0n) is 16.8. The van der Waals surface area contributed by atoms with Gasteiger partial charge in [0.05, 0.1) is 6.26 Å². The van der Waals surface area contributed by atoms with Gasteiger partial charge in [0.2, 0.25) is 15.9 Å². The van der Waals surface area contributed by atoms with Crippen LogP contribution >= 0.6 is 0 Å². The second kappa shape index (κ2) is 8.91. The summed E-state index contributed by atoms with van der Waals surface area (Å²) in [4.78, 5) is 26.9. The number of amides is 2. The van der Waals surface area contributed by atoms with E-state index in [4.69, 9.17) is 4.74 Å². The number of hydrogen-bond donors (Lipinski definition) is 1. The van der Waals surface area contributed by atoms with Crippen LogP contribution < -0.4 is 5.32 Å². The Kier molecular flexibility index (Phi) is 7.06. The first-order valence-corrected chi connectivity index (χ1v) is 11.1. The number of sulfonamides is 1. The van der Waals surface area contributed by atoms with E-state index in [0.29, 0.717) is 6.42 Å². The number of ether oxygens (including phenoxy) is 1. The zero-order chi connectivity index (χ0) is 20.9. The fourth-order valence-corrected chi connectivity index (χ4v) is 3.79. The highest BCUT2D eigenvalue weighted by Crippen LogP contribution is 2.12. The molecule has 1 aromatic carbocycles. The van der Waals surface area contributed by atoms with Crippen molar-refractivity contribution in [3.63, 3.8) is 0 Å². The van der Waals surface area contributed by atoms with Crippen LogP contribution in [0.2, 0.25) is 0 Å². The first-order chi connectivity index (χ1) is 13.0. The van der Waals surface area contributed by atoms with Gasteiger partial charge in [-0.2, -0.15) is 4.31 Å². The molecule has 9 heteroatoms. The highest BCUT2D eigenvalue weighted by molar-refractivity contribution is 7.88. The molecule has 0 bridgehead atoms. The van der Waals surface area contributed by atoms with E-state index in [-0.39, 0.29) is 32.1 Å². The molecule has 0 radical (unpaired) electrons. The predicted molar refractivity (Wildman–Crippen MR) is 106 cm³/mol. The van der Waals surface area contributed by atoms with Crippen molar-refractivity contribution < 1.29 is 22.7 Å². The second-order valence-corrected chi connectivity index (χ2v) is 9.86. The minimum absolute atomic E-state index is 0.245. The van der Waals surface area contributed by atoms with Gasteiger partial charge in [0.25, 0.3) is 0 Å². The molecule has 0 unspecified atom stereocenters. The van der Waals surface area contributed by atoms with Gasteiger partial charge in [-0.15, -0.1) is 0 Å². The van der Waals surface area contributed by atoms with Crippen LogP contribution in [0.25, 0.3) is 0 Å². The minimum atomic E-state index is -3.28. The Labute approximate surface area is 166 Å². The van der Waals surface area contributed by atoms with E-state index in [1.165, 1.54) is 4.31 Å². The number of rotatable bonds is 5. The summed E-state index contributed by atoms with van der Waals surface area (Å²) in [6, 6.07) is 8.61. The van der Waals surface area contributed by atoms with Crippen LogP contribution in [-0.2, 0) is 26.0 Å². The topological polar surface area (TPSA) is 96.0 Å². The number of carbonyl (C=O) groups excluding carboxylic acids is 2. The van der Waals surface area contributed by atoms with Gasteiger partial charge in [-0.3, -0.25) is 4.79 Å². The molecule has 0 aromatic heterocycles. The van der Waals surface area contributed by atoms with E-state index < -0.39 is 27.8 Å². The van der Waals surface area contributed by atoms with E-state index in [1.54, 1.807) is 25.7 Å². The van der Waals surface area contributed by atoms with Crippen molar-refractivity contribution in [1.82, 2.24) is 14.5 Å². The Balaban J connectivity index is 2.09. The van der Waals surface area contributed by atoms with Crippen molar-refractivity contribution in [1.29, 1.82) is 0 Å². The predicted octanol–water partition coefficient (Wildman–Crippen LogP) is 1.23. The molecule has 0 spiro atoms. The van der Waals surface area contributed by atoms with Crippen molar-refractivity contribution >= 4 is 22.0 Å². The van der Waals surface area contributed by atoms with E-state index in [9.17, 15) is 18.0 Å². The zero-order valence-corrected chi connectivity index (χ0v) is 17.7. The van der Waals surface area contributed by atoms with Crippen molar-refractivity contribution in [3.05, 3.63) is 35.9 Å².